The van der Waals surface area contributed by atoms with Crippen molar-refractivity contribution in [2.45, 2.75) is 51.5 Å². The van der Waals surface area contributed by atoms with Crippen LogP contribution in [0.2, 0.25) is 0 Å². The van der Waals surface area contributed by atoms with E-state index in [1.54, 1.807) is 17.7 Å². The Morgan fingerprint density at radius 1 is 1.07 bits per heavy atom. The summed E-state index contributed by atoms with van der Waals surface area (Å²) in [4.78, 5) is 14.0. The fourth-order valence-electron chi connectivity index (χ4n) is 3.81. The summed E-state index contributed by atoms with van der Waals surface area (Å²) >= 11 is 0. The van der Waals surface area contributed by atoms with Crippen molar-refractivity contribution >= 4 is 5.65 Å². The largest absolute Gasteiger partial charge is 0.318 e. The molecule has 0 unspecified atom stereocenters. The lowest BCUT2D eigenvalue weighted by Gasteiger charge is -2.31. The van der Waals surface area contributed by atoms with Crippen LogP contribution in [0, 0.1) is 0 Å². The molecule has 0 N–H and O–H groups in total. The second kappa shape index (κ2) is 7.13. The minimum Gasteiger partial charge on any atom is -0.318 e. The molecule has 7 nitrogen and oxygen atoms in total. The molecule has 1 aliphatic heterocycles. The summed E-state index contributed by atoms with van der Waals surface area (Å²) in [5.74, 6) is 1.34. The Hall–Kier alpha value is -2.54. The SMILES string of the molecule is Cn1cc(CN2CCC(c3nnc4ccc(C(C)(C)C)nn34)CC2)ccc1=O. The molecule has 0 saturated carbocycles. The lowest BCUT2D eigenvalue weighted by atomic mass is 9.92. The summed E-state index contributed by atoms with van der Waals surface area (Å²) in [5.41, 5.74) is 3.06. The van der Waals surface area contributed by atoms with Crippen molar-refractivity contribution in [3.8, 4) is 0 Å². The maximum Gasteiger partial charge on any atom is 0.250 e. The van der Waals surface area contributed by atoms with Gasteiger partial charge in [0.05, 0.1) is 5.69 Å². The van der Waals surface area contributed by atoms with E-state index in [9.17, 15) is 4.79 Å². The van der Waals surface area contributed by atoms with Crippen LogP contribution >= 0.6 is 0 Å². The van der Waals surface area contributed by atoms with Gasteiger partial charge in [-0.15, -0.1) is 10.2 Å². The van der Waals surface area contributed by atoms with Crippen LogP contribution in [0.5, 0.6) is 0 Å². The second-order valence-electron chi connectivity index (χ2n) is 8.83. The zero-order valence-electron chi connectivity index (χ0n) is 17.1. The molecule has 0 radical (unpaired) electrons. The van der Waals surface area contributed by atoms with Gasteiger partial charge in [0.25, 0.3) is 0 Å². The molecular weight excluding hydrogens is 352 g/mol. The summed E-state index contributed by atoms with van der Waals surface area (Å²) in [6.45, 7) is 9.38. The number of hydrogen-bond donors (Lipinski definition) is 0. The van der Waals surface area contributed by atoms with Crippen molar-refractivity contribution in [3.63, 3.8) is 0 Å². The lowest BCUT2D eigenvalue weighted by molar-refractivity contribution is 0.200. The van der Waals surface area contributed by atoms with E-state index >= 15 is 0 Å². The Labute approximate surface area is 165 Å². The Bertz CT molecular complexity index is 1040. The monoisotopic (exact) mass is 380 g/mol. The van der Waals surface area contributed by atoms with Crippen LogP contribution < -0.4 is 5.56 Å². The van der Waals surface area contributed by atoms with Crippen LogP contribution in [0.3, 0.4) is 0 Å². The van der Waals surface area contributed by atoms with Gasteiger partial charge in [-0.3, -0.25) is 9.69 Å². The highest BCUT2D eigenvalue weighted by Gasteiger charge is 2.26. The quantitative estimate of drug-likeness (QED) is 0.698. The molecule has 0 amide bonds. The fourth-order valence-corrected chi connectivity index (χ4v) is 3.81. The third-order valence-electron chi connectivity index (χ3n) is 5.56. The lowest BCUT2D eigenvalue weighted by Crippen LogP contribution is -2.33. The van der Waals surface area contributed by atoms with Crippen LogP contribution in [-0.4, -0.2) is 42.4 Å². The number of likely N-dealkylation sites (tertiary alicyclic amines) is 1. The number of fused-ring (bicyclic) bond motifs is 1. The van der Waals surface area contributed by atoms with Gasteiger partial charge in [-0.1, -0.05) is 26.8 Å². The average Bonchev–Trinajstić information content (AvgIpc) is 3.08. The molecule has 3 aromatic heterocycles. The Kier molecular flexibility index (Phi) is 4.79. The number of aromatic nitrogens is 5. The third-order valence-corrected chi connectivity index (χ3v) is 5.56. The zero-order valence-corrected chi connectivity index (χ0v) is 17.1. The van der Waals surface area contributed by atoms with Gasteiger partial charge in [-0.2, -0.15) is 9.61 Å². The number of nitrogens with zero attached hydrogens (tertiary/aromatic N) is 6. The number of hydrogen-bond acceptors (Lipinski definition) is 5. The first kappa shape index (κ1) is 18.8. The maximum atomic E-state index is 11.6. The molecule has 4 rings (SSSR count). The van der Waals surface area contributed by atoms with Gasteiger partial charge >= 0.3 is 0 Å². The number of aryl methyl sites for hydroxylation is 1. The molecule has 0 bridgehead atoms. The summed E-state index contributed by atoms with van der Waals surface area (Å²) in [6.07, 6.45) is 4.00. The first-order chi connectivity index (χ1) is 13.3. The molecule has 0 aromatic carbocycles. The van der Waals surface area contributed by atoms with Gasteiger partial charge < -0.3 is 4.57 Å². The van der Waals surface area contributed by atoms with Gasteiger partial charge in [0.2, 0.25) is 5.56 Å². The van der Waals surface area contributed by atoms with E-state index in [4.69, 9.17) is 5.10 Å². The summed E-state index contributed by atoms with van der Waals surface area (Å²) in [6, 6.07) is 7.63. The van der Waals surface area contributed by atoms with E-state index in [1.807, 2.05) is 28.9 Å². The van der Waals surface area contributed by atoms with E-state index in [0.717, 1.165) is 49.6 Å². The zero-order chi connectivity index (χ0) is 19.9. The molecule has 3 aromatic rings. The van der Waals surface area contributed by atoms with Crippen molar-refractivity contribution in [1.82, 2.24) is 29.3 Å². The topological polar surface area (TPSA) is 68.3 Å². The van der Waals surface area contributed by atoms with Crippen LogP contribution in [0.15, 0.2) is 35.3 Å². The van der Waals surface area contributed by atoms with Crippen LogP contribution in [0.4, 0.5) is 0 Å². The van der Waals surface area contributed by atoms with Crippen LogP contribution in [0.25, 0.3) is 5.65 Å². The molecule has 1 fully saturated rings. The molecule has 28 heavy (non-hydrogen) atoms. The van der Waals surface area contributed by atoms with Crippen LogP contribution in [0.1, 0.15) is 56.6 Å². The minimum absolute atomic E-state index is 0.00508. The standard InChI is InChI=1S/C21H28N6O/c1-21(2,3)17-6-7-18-22-23-20(27(18)24-17)16-9-11-26(12-10-16)14-15-5-8-19(28)25(4)13-15/h5-8,13,16H,9-12,14H2,1-4H3. The third kappa shape index (κ3) is 3.71. The van der Waals surface area contributed by atoms with E-state index in [-0.39, 0.29) is 11.0 Å². The van der Waals surface area contributed by atoms with Crippen molar-refractivity contribution < 1.29 is 0 Å². The number of rotatable bonds is 3. The normalized spacial score (nSPS) is 16.7. The van der Waals surface area contributed by atoms with E-state index in [2.05, 4.69) is 35.9 Å². The second-order valence-corrected chi connectivity index (χ2v) is 8.83. The molecule has 0 atom stereocenters. The highest BCUT2D eigenvalue weighted by Crippen LogP contribution is 2.28. The summed E-state index contributed by atoms with van der Waals surface area (Å²) in [5, 5.41) is 13.6. The molecule has 148 valence electrons. The first-order valence-electron chi connectivity index (χ1n) is 9.92. The molecule has 1 saturated heterocycles. The van der Waals surface area contributed by atoms with E-state index in [0.29, 0.717) is 5.92 Å². The van der Waals surface area contributed by atoms with Gasteiger partial charge in [0, 0.05) is 37.2 Å². The Morgan fingerprint density at radius 3 is 2.50 bits per heavy atom. The first-order valence-corrected chi connectivity index (χ1v) is 9.92. The van der Waals surface area contributed by atoms with Crippen LogP contribution in [-0.2, 0) is 19.0 Å². The van der Waals surface area contributed by atoms with Crippen molar-refractivity contribution in [2.24, 2.45) is 7.05 Å². The smallest absolute Gasteiger partial charge is 0.250 e. The predicted octanol–water partition coefficient (Wildman–Crippen LogP) is 2.50. The minimum atomic E-state index is -0.00508. The van der Waals surface area contributed by atoms with Crippen molar-refractivity contribution in [3.05, 3.63) is 57.9 Å². The van der Waals surface area contributed by atoms with Crippen molar-refractivity contribution in [1.29, 1.82) is 0 Å². The molecule has 0 spiro atoms. The molecular formula is C21H28N6O. The highest BCUT2D eigenvalue weighted by molar-refractivity contribution is 5.37. The number of piperidine rings is 1. The predicted molar refractivity (Wildman–Crippen MR) is 108 cm³/mol. The van der Waals surface area contributed by atoms with Crippen molar-refractivity contribution in [2.75, 3.05) is 13.1 Å². The highest BCUT2D eigenvalue weighted by atomic mass is 16.1. The van der Waals surface area contributed by atoms with E-state index in [1.165, 1.54) is 5.56 Å². The van der Waals surface area contributed by atoms with Gasteiger partial charge in [0.15, 0.2) is 11.5 Å². The molecule has 7 heteroatoms. The van der Waals surface area contributed by atoms with Gasteiger partial charge in [-0.05, 0) is 43.6 Å². The van der Waals surface area contributed by atoms with Gasteiger partial charge in [-0.25, -0.2) is 0 Å². The maximum absolute atomic E-state index is 11.6. The Morgan fingerprint density at radius 2 is 1.82 bits per heavy atom. The van der Waals surface area contributed by atoms with Gasteiger partial charge in [0.1, 0.15) is 0 Å². The average molecular weight is 380 g/mol. The molecule has 4 heterocycles. The molecule has 0 aliphatic carbocycles. The fraction of sp³-hybridized carbons (Fsp3) is 0.524. The Balaban J connectivity index is 1.47. The summed E-state index contributed by atoms with van der Waals surface area (Å²) in [7, 11) is 1.80. The summed E-state index contributed by atoms with van der Waals surface area (Å²) < 4.78 is 3.58. The number of pyridine rings is 1. The van der Waals surface area contributed by atoms with E-state index < -0.39 is 0 Å². The molecule has 1 aliphatic rings.